The van der Waals surface area contributed by atoms with Crippen LogP contribution in [-0.4, -0.2) is 30.7 Å². The fourth-order valence-electron chi connectivity index (χ4n) is 3.53. The lowest BCUT2D eigenvalue weighted by Gasteiger charge is -2.10. The molecule has 160 valence electrons. The number of fused-ring (bicyclic) bond motifs is 1. The number of aryl methyl sites for hydroxylation is 2. The third-order valence-corrected chi connectivity index (χ3v) is 6.57. The highest BCUT2D eigenvalue weighted by molar-refractivity contribution is 7.99. The largest absolute Gasteiger partial charge is 0.348 e. The average Bonchev–Trinajstić information content (AvgIpc) is 3.26. The van der Waals surface area contributed by atoms with Gasteiger partial charge in [-0.2, -0.15) is 0 Å². The van der Waals surface area contributed by atoms with Gasteiger partial charge in [0.05, 0.1) is 15.8 Å². The standard InChI is InChI=1S/C22H19Cl2FN4OS/c1-13-9-18(14(2)28(13)8-7-15-3-5-17(25)6-4-15)20(30)12-31-22-27-26-21-19(24)10-16(23)11-29(21)22/h3-6,9-11H,7-8,12H2,1-2H3. The van der Waals surface area contributed by atoms with Crippen LogP contribution in [0.5, 0.6) is 0 Å². The molecule has 3 aromatic heterocycles. The summed E-state index contributed by atoms with van der Waals surface area (Å²) in [5, 5.41) is 9.62. The summed E-state index contributed by atoms with van der Waals surface area (Å²) >= 11 is 13.5. The quantitative estimate of drug-likeness (QED) is 0.249. The number of thioether (sulfide) groups is 1. The lowest BCUT2D eigenvalue weighted by Crippen LogP contribution is -2.08. The van der Waals surface area contributed by atoms with Gasteiger partial charge in [0.25, 0.3) is 0 Å². The maximum Gasteiger partial charge on any atom is 0.196 e. The summed E-state index contributed by atoms with van der Waals surface area (Å²) in [7, 11) is 0. The number of rotatable bonds is 7. The van der Waals surface area contributed by atoms with E-state index in [0.29, 0.717) is 26.4 Å². The van der Waals surface area contributed by atoms with E-state index in [1.54, 1.807) is 28.8 Å². The molecule has 31 heavy (non-hydrogen) atoms. The fraction of sp³-hybridized carbons (Fsp3) is 0.227. The molecule has 0 spiro atoms. The fourth-order valence-corrected chi connectivity index (χ4v) is 4.83. The molecule has 0 atom stereocenters. The molecule has 0 N–H and O–H groups in total. The molecule has 0 bridgehead atoms. The Labute approximate surface area is 193 Å². The van der Waals surface area contributed by atoms with Crippen LogP contribution in [0.3, 0.4) is 0 Å². The number of pyridine rings is 1. The number of ketones is 1. The zero-order valence-electron chi connectivity index (χ0n) is 16.9. The second-order valence-electron chi connectivity index (χ2n) is 7.21. The van der Waals surface area contributed by atoms with E-state index in [-0.39, 0.29) is 17.4 Å². The number of aromatic nitrogens is 4. The SMILES string of the molecule is Cc1cc(C(=O)CSc2nnc3c(Cl)cc(Cl)cn23)c(C)n1CCc1ccc(F)cc1. The van der Waals surface area contributed by atoms with Crippen LogP contribution in [0.25, 0.3) is 5.65 Å². The Balaban J connectivity index is 1.47. The van der Waals surface area contributed by atoms with Crippen LogP contribution in [-0.2, 0) is 13.0 Å². The smallest absolute Gasteiger partial charge is 0.196 e. The highest BCUT2D eigenvalue weighted by atomic mass is 35.5. The molecule has 0 aliphatic heterocycles. The van der Waals surface area contributed by atoms with Crippen molar-refractivity contribution >= 4 is 46.4 Å². The van der Waals surface area contributed by atoms with Crippen LogP contribution in [0.4, 0.5) is 4.39 Å². The van der Waals surface area contributed by atoms with E-state index in [4.69, 9.17) is 23.2 Å². The molecule has 1 aromatic carbocycles. The van der Waals surface area contributed by atoms with Crippen molar-refractivity contribution in [1.29, 1.82) is 0 Å². The molecular formula is C22H19Cl2FN4OS. The Morgan fingerprint density at radius 2 is 1.87 bits per heavy atom. The molecule has 3 heterocycles. The molecule has 0 radical (unpaired) electrons. The molecule has 5 nitrogen and oxygen atoms in total. The third-order valence-electron chi connectivity index (χ3n) is 5.14. The Hall–Kier alpha value is -2.35. The molecule has 0 fully saturated rings. The maximum atomic E-state index is 13.1. The number of carbonyl (C=O) groups is 1. The summed E-state index contributed by atoms with van der Waals surface area (Å²) in [5.74, 6) is -0.0174. The van der Waals surface area contributed by atoms with Crippen LogP contribution >= 0.6 is 35.0 Å². The van der Waals surface area contributed by atoms with Gasteiger partial charge < -0.3 is 4.57 Å². The molecule has 0 saturated carbocycles. The highest BCUT2D eigenvalue weighted by Gasteiger charge is 2.18. The lowest BCUT2D eigenvalue weighted by molar-refractivity contribution is 0.102. The Morgan fingerprint density at radius 1 is 1.13 bits per heavy atom. The first-order chi connectivity index (χ1) is 14.8. The normalized spacial score (nSPS) is 11.4. The molecule has 0 aliphatic rings. The molecule has 0 saturated heterocycles. The Bertz CT molecular complexity index is 1270. The molecule has 0 aliphatic carbocycles. The summed E-state index contributed by atoms with van der Waals surface area (Å²) in [6, 6.07) is 10.0. The first kappa shape index (κ1) is 21.9. The zero-order valence-corrected chi connectivity index (χ0v) is 19.2. The Morgan fingerprint density at radius 3 is 2.61 bits per heavy atom. The maximum absolute atomic E-state index is 13.1. The number of halogens is 3. The molecule has 9 heteroatoms. The van der Waals surface area contributed by atoms with Gasteiger partial charge in [-0.1, -0.05) is 47.1 Å². The van der Waals surface area contributed by atoms with Crippen molar-refractivity contribution < 1.29 is 9.18 Å². The number of benzene rings is 1. The van der Waals surface area contributed by atoms with Crippen molar-refractivity contribution in [2.24, 2.45) is 0 Å². The van der Waals surface area contributed by atoms with Gasteiger partial charge in [0, 0.05) is 29.7 Å². The minimum absolute atomic E-state index is 0.0102. The molecule has 4 rings (SSSR count). The second-order valence-corrected chi connectivity index (χ2v) is 8.99. The van der Waals surface area contributed by atoms with Gasteiger partial charge in [-0.15, -0.1) is 10.2 Å². The van der Waals surface area contributed by atoms with Gasteiger partial charge in [0.1, 0.15) is 5.82 Å². The summed E-state index contributed by atoms with van der Waals surface area (Å²) in [4.78, 5) is 12.9. The van der Waals surface area contributed by atoms with Gasteiger partial charge in [-0.25, -0.2) is 4.39 Å². The van der Waals surface area contributed by atoms with Crippen molar-refractivity contribution in [3.63, 3.8) is 0 Å². The topological polar surface area (TPSA) is 52.2 Å². The second kappa shape index (κ2) is 9.02. The number of hydrogen-bond donors (Lipinski definition) is 0. The van der Waals surface area contributed by atoms with E-state index < -0.39 is 0 Å². The predicted octanol–water partition coefficient (Wildman–Crippen LogP) is 5.81. The lowest BCUT2D eigenvalue weighted by atomic mass is 10.1. The first-order valence-corrected chi connectivity index (χ1v) is 11.3. The van der Waals surface area contributed by atoms with E-state index in [2.05, 4.69) is 14.8 Å². The highest BCUT2D eigenvalue weighted by Crippen LogP contribution is 2.26. The third kappa shape index (κ3) is 4.63. The number of nitrogens with zero attached hydrogens (tertiary/aromatic N) is 4. The van der Waals surface area contributed by atoms with E-state index >= 15 is 0 Å². The Kier molecular flexibility index (Phi) is 6.36. The van der Waals surface area contributed by atoms with E-state index in [0.717, 1.165) is 29.9 Å². The van der Waals surface area contributed by atoms with Crippen LogP contribution in [0.15, 0.2) is 47.8 Å². The van der Waals surface area contributed by atoms with E-state index in [9.17, 15) is 9.18 Å². The van der Waals surface area contributed by atoms with Gasteiger partial charge in [-0.05, 0) is 50.1 Å². The number of carbonyl (C=O) groups excluding carboxylic acids is 1. The van der Waals surface area contributed by atoms with Crippen LogP contribution < -0.4 is 0 Å². The minimum Gasteiger partial charge on any atom is -0.348 e. The van der Waals surface area contributed by atoms with Crippen molar-refractivity contribution in [3.05, 3.63) is 81.0 Å². The van der Waals surface area contributed by atoms with Crippen molar-refractivity contribution in [2.75, 3.05) is 5.75 Å². The summed E-state index contributed by atoms with van der Waals surface area (Å²) in [6.45, 7) is 4.65. The van der Waals surface area contributed by atoms with E-state index in [1.165, 1.54) is 23.9 Å². The molecule has 4 aromatic rings. The van der Waals surface area contributed by atoms with Crippen molar-refractivity contribution in [2.45, 2.75) is 32.0 Å². The van der Waals surface area contributed by atoms with E-state index in [1.807, 2.05) is 19.9 Å². The monoisotopic (exact) mass is 476 g/mol. The van der Waals surface area contributed by atoms with Crippen LogP contribution in [0, 0.1) is 19.7 Å². The van der Waals surface area contributed by atoms with Crippen LogP contribution in [0.1, 0.15) is 27.3 Å². The van der Waals surface area contributed by atoms with Gasteiger partial charge >= 0.3 is 0 Å². The summed E-state index contributed by atoms with van der Waals surface area (Å²) < 4.78 is 16.9. The minimum atomic E-state index is -0.243. The van der Waals surface area contributed by atoms with Gasteiger partial charge in [-0.3, -0.25) is 9.20 Å². The van der Waals surface area contributed by atoms with Crippen molar-refractivity contribution in [3.8, 4) is 0 Å². The number of hydrogen-bond acceptors (Lipinski definition) is 4. The van der Waals surface area contributed by atoms with Gasteiger partial charge in [0.15, 0.2) is 16.6 Å². The molecular weight excluding hydrogens is 458 g/mol. The summed E-state index contributed by atoms with van der Waals surface area (Å²) in [5.41, 5.74) is 4.17. The molecule has 0 amide bonds. The van der Waals surface area contributed by atoms with Crippen molar-refractivity contribution in [1.82, 2.24) is 19.2 Å². The zero-order chi connectivity index (χ0) is 22.1. The first-order valence-electron chi connectivity index (χ1n) is 9.60. The van der Waals surface area contributed by atoms with Gasteiger partial charge in [0.2, 0.25) is 0 Å². The average molecular weight is 477 g/mol. The summed E-state index contributed by atoms with van der Waals surface area (Å²) in [6.07, 6.45) is 2.43. The van der Waals surface area contributed by atoms with Crippen LogP contribution in [0.2, 0.25) is 10.0 Å². The predicted molar refractivity (Wildman–Crippen MR) is 122 cm³/mol. The number of Topliss-reactive ketones (excluding diaryl/α,β-unsaturated/α-hetero) is 1. The molecule has 0 unspecified atom stereocenters.